The molecule has 0 saturated carbocycles. The van der Waals surface area contributed by atoms with Gasteiger partial charge in [-0.05, 0) is 41.1 Å². The summed E-state index contributed by atoms with van der Waals surface area (Å²) in [5.41, 5.74) is 1.63. The van der Waals surface area contributed by atoms with Gasteiger partial charge in [0.05, 0.1) is 13.5 Å². The largest absolute Gasteiger partial charge is 0.497 e. The Morgan fingerprint density at radius 1 is 0.917 bits per heavy atom. The maximum Gasteiger partial charge on any atom is 0.255 e. The highest BCUT2D eigenvalue weighted by Crippen LogP contribution is 2.24. The number of rotatable bonds is 5. The van der Waals surface area contributed by atoms with Gasteiger partial charge in [-0.3, -0.25) is 14.4 Å². The van der Waals surface area contributed by atoms with Crippen molar-refractivity contribution in [2.24, 2.45) is 0 Å². The van der Waals surface area contributed by atoms with Crippen LogP contribution in [0.2, 0.25) is 0 Å². The van der Waals surface area contributed by atoms with Gasteiger partial charge in [-0.25, -0.2) is 0 Å². The molecular formula is C28H30N4O4. The number of fused-ring (bicyclic) bond motifs is 1. The molecule has 0 unspecified atom stereocenters. The number of carbonyl (C=O) groups excluding carboxylic acids is 3. The molecule has 3 amide bonds. The SMILES string of the molecule is COc1ccc(N2CCN(C(=O)C[C@@H]3C(=O)NCCN3C(=O)c3cccc4ccccc34)CC2)cc1. The second-order valence-electron chi connectivity index (χ2n) is 9.10. The maximum absolute atomic E-state index is 13.6. The van der Waals surface area contributed by atoms with Crippen LogP contribution in [0.1, 0.15) is 16.8 Å². The minimum atomic E-state index is -0.822. The highest BCUT2D eigenvalue weighted by molar-refractivity contribution is 6.08. The summed E-state index contributed by atoms with van der Waals surface area (Å²) >= 11 is 0. The van der Waals surface area contributed by atoms with E-state index in [0.29, 0.717) is 44.8 Å². The van der Waals surface area contributed by atoms with Crippen molar-refractivity contribution in [1.82, 2.24) is 15.1 Å². The monoisotopic (exact) mass is 486 g/mol. The Labute approximate surface area is 210 Å². The molecule has 0 aromatic heterocycles. The van der Waals surface area contributed by atoms with Crippen molar-refractivity contribution >= 4 is 34.2 Å². The number of anilines is 1. The lowest BCUT2D eigenvalue weighted by Gasteiger charge is -2.39. The molecule has 2 saturated heterocycles. The van der Waals surface area contributed by atoms with Crippen molar-refractivity contribution in [2.75, 3.05) is 51.3 Å². The van der Waals surface area contributed by atoms with Gasteiger partial charge in [0.1, 0.15) is 11.8 Å². The molecule has 1 N–H and O–H groups in total. The Bertz CT molecular complexity index is 1260. The lowest BCUT2D eigenvalue weighted by molar-refractivity contribution is -0.138. The fraction of sp³-hybridized carbons (Fsp3) is 0.321. The molecule has 186 valence electrons. The summed E-state index contributed by atoms with van der Waals surface area (Å²) < 4.78 is 5.23. The van der Waals surface area contributed by atoms with Crippen LogP contribution in [0.5, 0.6) is 5.75 Å². The fourth-order valence-electron chi connectivity index (χ4n) is 5.03. The molecule has 0 spiro atoms. The van der Waals surface area contributed by atoms with Gasteiger partial charge in [-0.15, -0.1) is 0 Å². The van der Waals surface area contributed by atoms with Gasteiger partial charge < -0.3 is 24.8 Å². The molecule has 2 aliphatic heterocycles. The summed E-state index contributed by atoms with van der Waals surface area (Å²) in [7, 11) is 1.64. The zero-order chi connectivity index (χ0) is 25.1. The van der Waals surface area contributed by atoms with Gasteiger partial charge in [0.15, 0.2) is 0 Å². The Morgan fingerprint density at radius 3 is 2.39 bits per heavy atom. The molecule has 8 heteroatoms. The molecule has 2 aliphatic rings. The molecule has 2 heterocycles. The predicted molar refractivity (Wildman–Crippen MR) is 138 cm³/mol. The molecule has 3 aromatic carbocycles. The molecule has 0 radical (unpaired) electrons. The number of amides is 3. The van der Waals surface area contributed by atoms with E-state index in [1.807, 2.05) is 60.7 Å². The van der Waals surface area contributed by atoms with Gasteiger partial charge in [0.25, 0.3) is 5.91 Å². The number of ether oxygens (including phenoxy) is 1. The average molecular weight is 487 g/mol. The van der Waals surface area contributed by atoms with Crippen molar-refractivity contribution in [3.8, 4) is 5.75 Å². The number of hydrogen-bond donors (Lipinski definition) is 1. The average Bonchev–Trinajstić information content (AvgIpc) is 2.93. The highest BCUT2D eigenvalue weighted by atomic mass is 16.5. The van der Waals surface area contributed by atoms with Crippen LogP contribution in [0.15, 0.2) is 66.7 Å². The first kappa shape index (κ1) is 23.7. The zero-order valence-corrected chi connectivity index (χ0v) is 20.4. The smallest absolute Gasteiger partial charge is 0.255 e. The van der Waals surface area contributed by atoms with Crippen LogP contribution in [0.3, 0.4) is 0 Å². The maximum atomic E-state index is 13.6. The van der Waals surface area contributed by atoms with Crippen LogP contribution < -0.4 is 15.0 Å². The standard InChI is InChI=1S/C28H30N4O4/c1-36-22-11-9-21(10-12-22)30-15-17-31(18-16-30)26(33)19-25-27(34)29-13-14-32(25)28(35)24-8-4-6-20-5-2-3-7-23(20)24/h2-12,25H,13-19H2,1H3,(H,29,34)/t25-/m1/s1. The van der Waals surface area contributed by atoms with Crippen LogP contribution >= 0.6 is 0 Å². The Hall–Kier alpha value is -4.07. The number of nitrogens with one attached hydrogen (secondary N) is 1. The molecule has 2 fully saturated rings. The molecule has 1 atom stereocenters. The van der Waals surface area contributed by atoms with E-state index in [9.17, 15) is 14.4 Å². The van der Waals surface area contributed by atoms with E-state index in [1.54, 1.807) is 23.0 Å². The van der Waals surface area contributed by atoms with E-state index in [0.717, 1.165) is 22.2 Å². The summed E-state index contributed by atoms with van der Waals surface area (Å²) in [4.78, 5) is 45.2. The van der Waals surface area contributed by atoms with Gasteiger partial charge in [-0.1, -0.05) is 36.4 Å². The van der Waals surface area contributed by atoms with Crippen molar-refractivity contribution < 1.29 is 19.1 Å². The van der Waals surface area contributed by atoms with Gasteiger partial charge in [-0.2, -0.15) is 0 Å². The Morgan fingerprint density at radius 2 is 1.64 bits per heavy atom. The number of benzene rings is 3. The van der Waals surface area contributed by atoms with Crippen LogP contribution in [0.4, 0.5) is 5.69 Å². The summed E-state index contributed by atoms with van der Waals surface area (Å²) in [6, 6.07) is 20.4. The van der Waals surface area contributed by atoms with Crippen molar-refractivity contribution in [3.63, 3.8) is 0 Å². The molecule has 0 bridgehead atoms. The molecular weight excluding hydrogens is 456 g/mol. The van der Waals surface area contributed by atoms with E-state index < -0.39 is 6.04 Å². The van der Waals surface area contributed by atoms with E-state index in [4.69, 9.17) is 4.74 Å². The molecule has 8 nitrogen and oxygen atoms in total. The topological polar surface area (TPSA) is 82.2 Å². The van der Waals surface area contributed by atoms with E-state index in [2.05, 4.69) is 10.2 Å². The summed E-state index contributed by atoms with van der Waals surface area (Å²) in [5.74, 6) is 0.201. The first-order valence-corrected chi connectivity index (χ1v) is 12.3. The van der Waals surface area contributed by atoms with Crippen LogP contribution in [-0.2, 0) is 9.59 Å². The highest BCUT2D eigenvalue weighted by Gasteiger charge is 2.37. The van der Waals surface area contributed by atoms with Gasteiger partial charge in [0, 0.05) is 50.5 Å². The Balaban J connectivity index is 1.26. The molecule has 36 heavy (non-hydrogen) atoms. The number of methoxy groups -OCH3 is 1. The van der Waals surface area contributed by atoms with Crippen LogP contribution in [0.25, 0.3) is 10.8 Å². The summed E-state index contributed by atoms with van der Waals surface area (Å²) in [6.07, 6.45) is -0.0229. The summed E-state index contributed by atoms with van der Waals surface area (Å²) in [6.45, 7) is 3.28. The van der Waals surface area contributed by atoms with Crippen molar-refractivity contribution in [1.29, 1.82) is 0 Å². The van der Waals surface area contributed by atoms with Crippen LogP contribution in [-0.4, -0.2) is 79.9 Å². The van der Waals surface area contributed by atoms with Crippen molar-refractivity contribution in [3.05, 3.63) is 72.3 Å². The predicted octanol–water partition coefficient (Wildman–Crippen LogP) is 2.53. The molecule has 0 aliphatic carbocycles. The minimum absolute atomic E-state index is 0.0229. The minimum Gasteiger partial charge on any atom is -0.497 e. The number of piperazine rings is 2. The second kappa shape index (κ2) is 10.3. The number of hydrogen-bond acceptors (Lipinski definition) is 5. The first-order chi connectivity index (χ1) is 17.5. The molecule has 5 rings (SSSR count). The summed E-state index contributed by atoms with van der Waals surface area (Å²) in [5, 5.41) is 4.64. The van der Waals surface area contributed by atoms with E-state index in [-0.39, 0.29) is 24.1 Å². The van der Waals surface area contributed by atoms with Crippen LogP contribution in [0, 0.1) is 0 Å². The van der Waals surface area contributed by atoms with Crippen molar-refractivity contribution in [2.45, 2.75) is 12.5 Å². The normalized spacial score (nSPS) is 18.2. The number of carbonyl (C=O) groups is 3. The zero-order valence-electron chi connectivity index (χ0n) is 20.4. The third-order valence-electron chi connectivity index (χ3n) is 7.05. The van der Waals surface area contributed by atoms with E-state index >= 15 is 0 Å². The third kappa shape index (κ3) is 4.71. The lowest BCUT2D eigenvalue weighted by Crippen LogP contribution is -2.59. The first-order valence-electron chi connectivity index (χ1n) is 12.3. The van der Waals surface area contributed by atoms with Gasteiger partial charge >= 0.3 is 0 Å². The second-order valence-corrected chi connectivity index (χ2v) is 9.10. The molecule has 3 aromatic rings. The fourth-order valence-corrected chi connectivity index (χ4v) is 5.03. The third-order valence-corrected chi connectivity index (χ3v) is 7.05. The number of nitrogens with zero attached hydrogens (tertiary/aromatic N) is 3. The lowest BCUT2D eigenvalue weighted by atomic mass is 10.0. The van der Waals surface area contributed by atoms with Gasteiger partial charge in [0.2, 0.25) is 11.8 Å². The Kier molecular flexibility index (Phi) is 6.75. The quantitative estimate of drug-likeness (QED) is 0.600. The van der Waals surface area contributed by atoms with E-state index in [1.165, 1.54) is 0 Å².